The van der Waals surface area contributed by atoms with Gasteiger partial charge in [-0.3, -0.25) is 4.90 Å². The quantitative estimate of drug-likeness (QED) is 0.903. The van der Waals surface area contributed by atoms with E-state index in [0.29, 0.717) is 0 Å². The molecule has 1 N–H and O–H groups in total. The standard InChI is InChI=1S/C15H26N4/c1-13-16-10-14(17-13)11-19-9-3-2-6-15(19)12-18-7-4-5-8-18/h10,15H,2-9,11-12H2,1H3,(H,16,17)/t15-/m0/s1. The molecule has 0 aliphatic carbocycles. The topological polar surface area (TPSA) is 35.2 Å². The number of piperidine rings is 1. The number of aromatic amines is 1. The monoisotopic (exact) mass is 262 g/mol. The van der Waals surface area contributed by atoms with Crippen molar-refractivity contribution in [3.63, 3.8) is 0 Å². The molecule has 0 unspecified atom stereocenters. The maximum Gasteiger partial charge on any atom is 0.103 e. The summed E-state index contributed by atoms with van der Waals surface area (Å²) in [7, 11) is 0. The molecular formula is C15H26N4. The largest absolute Gasteiger partial charge is 0.345 e. The number of nitrogens with zero attached hydrogens (tertiary/aromatic N) is 3. The lowest BCUT2D eigenvalue weighted by Crippen LogP contribution is -2.45. The zero-order valence-electron chi connectivity index (χ0n) is 12.1. The minimum Gasteiger partial charge on any atom is -0.345 e. The number of likely N-dealkylation sites (tertiary alicyclic amines) is 2. The second-order valence-electron chi connectivity index (χ2n) is 6.12. The van der Waals surface area contributed by atoms with E-state index in [1.165, 1.54) is 64.0 Å². The fourth-order valence-corrected chi connectivity index (χ4v) is 3.51. The van der Waals surface area contributed by atoms with E-state index in [-0.39, 0.29) is 0 Å². The first-order chi connectivity index (χ1) is 9.31. The van der Waals surface area contributed by atoms with Crippen molar-refractivity contribution in [1.82, 2.24) is 19.8 Å². The number of aromatic nitrogens is 2. The number of nitrogens with one attached hydrogen (secondary N) is 1. The van der Waals surface area contributed by atoms with Crippen molar-refractivity contribution in [2.45, 2.75) is 51.6 Å². The number of imidazole rings is 1. The Kier molecular flexibility index (Phi) is 4.18. The minimum absolute atomic E-state index is 0.746. The summed E-state index contributed by atoms with van der Waals surface area (Å²) in [6, 6.07) is 0.746. The zero-order valence-corrected chi connectivity index (χ0v) is 12.1. The lowest BCUT2D eigenvalue weighted by molar-refractivity contribution is 0.105. The highest BCUT2D eigenvalue weighted by molar-refractivity contribution is 5.00. The van der Waals surface area contributed by atoms with Gasteiger partial charge in [0.2, 0.25) is 0 Å². The highest BCUT2D eigenvalue weighted by Crippen LogP contribution is 2.21. The Morgan fingerprint density at radius 2 is 2.00 bits per heavy atom. The van der Waals surface area contributed by atoms with Gasteiger partial charge < -0.3 is 9.88 Å². The second-order valence-corrected chi connectivity index (χ2v) is 6.12. The molecule has 4 heteroatoms. The minimum atomic E-state index is 0.746. The number of hydrogen-bond donors (Lipinski definition) is 1. The van der Waals surface area contributed by atoms with Gasteiger partial charge in [-0.15, -0.1) is 0 Å². The van der Waals surface area contributed by atoms with Crippen LogP contribution in [0.25, 0.3) is 0 Å². The van der Waals surface area contributed by atoms with Crippen LogP contribution in [-0.4, -0.2) is 52.0 Å². The van der Waals surface area contributed by atoms with Crippen molar-refractivity contribution < 1.29 is 0 Å². The average Bonchev–Trinajstić information content (AvgIpc) is 3.04. The predicted octanol–water partition coefficient (Wildman–Crippen LogP) is 2.17. The van der Waals surface area contributed by atoms with E-state index in [1.54, 1.807) is 0 Å². The van der Waals surface area contributed by atoms with Gasteiger partial charge >= 0.3 is 0 Å². The van der Waals surface area contributed by atoms with E-state index >= 15 is 0 Å². The van der Waals surface area contributed by atoms with Crippen LogP contribution in [0, 0.1) is 6.92 Å². The summed E-state index contributed by atoms with van der Waals surface area (Å²) >= 11 is 0. The summed E-state index contributed by atoms with van der Waals surface area (Å²) in [5.41, 5.74) is 1.27. The van der Waals surface area contributed by atoms with E-state index in [0.717, 1.165) is 18.4 Å². The van der Waals surface area contributed by atoms with Crippen LogP contribution >= 0.6 is 0 Å². The van der Waals surface area contributed by atoms with Gasteiger partial charge in [0, 0.05) is 31.0 Å². The van der Waals surface area contributed by atoms with Crippen LogP contribution in [0.2, 0.25) is 0 Å². The molecule has 1 aromatic rings. The maximum atomic E-state index is 4.32. The van der Waals surface area contributed by atoms with E-state index in [1.807, 2.05) is 13.1 Å². The Bertz CT molecular complexity index is 395. The number of H-pyrrole nitrogens is 1. The molecule has 2 saturated heterocycles. The summed E-state index contributed by atoms with van der Waals surface area (Å²) < 4.78 is 0. The number of aryl methyl sites for hydroxylation is 1. The highest BCUT2D eigenvalue weighted by Gasteiger charge is 2.25. The van der Waals surface area contributed by atoms with E-state index < -0.39 is 0 Å². The molecule has 1 atom stereocenters. The van der Waals surface area contributed by atoms with Crippen molar-refractivity contribution in [3.05, 3.63) is 17.7 Å². The Morgan fingerprint density at radius 1 is 1.21 bits per heavy atom. The molecule has 0 spiro atoms. The molecule has 106 valence electrons. The van der Waals surface area contributed by atoms with Crippen molar-refractivity contribution in [3.8, 4) is 0 Å². The molecular weight excluding hydrogens is 236 g/mol. The lowest BCUT2D eigenvalue weighted by atomic mass is 10.0. The normalized spacial score (nSPS) is 26.1. The third-order valence-electron chi connectivity index (χ3n) is 4.55. The molecule has 1 aromatic heterocycles. The molecule has 2 aliphatic heterocycles. The Hall–Kier alpha value is -0.870. The fourth-order valence-electron chi connectivity index (χ4n) is 3.51. The van der Waals surface area contributed by atoms with Crippen molar-refractivity contribution in [2.24, 2.45) is 0 Å². The van der Waals surface area contributed by atoms with E-state index in [4.69, 9.17) is 0 Å². The van der Waals surface area contributed by atoms with E-state index in [2.05, 4.69) is 19.8 Å². The third-order valence-corrected chi connectivity index (χ3v) is 4.55. The van der Waals surface area contributed by atoms with Crippen molar-refractivity contribution >= 4 is 0 Å². The first kappa shape index (κ1) is 13.1. The summed E-state index contributed by atoms with van der Waals surface area (Å²) in [5, 5.41) is 0. The molecule has 2 aliphatic rings. The molecule has 19 heavy (non-hydrogen) atoms. The maximum absolute atomic E-state index is 4.32. The van der Waals surface area contributed by atoms with Gasteiger partial charge in [-0.05, 0) is 52.2 Å². The summed E-state index contributed by atoms with van der Waals surface area (Å²) in [5.74, 6) is 1.03. The molecule has 3 rings (SSSR count). The van der Waals surface area contributed by atoms with Crippen LogP contribution < -0.4 is 0 Å². The molecule has 4 nitrogen and oxygen atoms in total. The summed E-state index contributed by atoms with van der Waals surface area (Å²) in [6.07, 6.45) is 8.90. The lowest BCUT2D eigenvalue weighted by Gasteiger charge is -2.37. The van der Waals surface area contributed by atoms with E-state index in [9.17, 15) is 0 Å². The third kappa shape index (κ3) is 3.37. The smallest absolute Gasteiger partial charge is 0.103 e. The van der Waals surface area contributed by atoms with Gasteiger partial charge in [0.15, 0.2) is 0 Å². The average molecular weight is 262 g/mol. The fraction of sp³-hybridized carbons (Fsp3) is 0.800. The second kappa shape index (κ2) is 6.06. The van der Waals surface area contributed by atoms with Crippen LogP contribution in [0.15, 0.2) is 6.20 Å². The molecule has 0 radical (unpaired) electrons. The Morgan fingerprint density at radius 3 is 2.74 bits per heavy atom. The Labute approximate surface area is 116 Å². The van der Waals surface area contributed by atoms with Crippen LogP contribution in [0.3, 0.4) is 0 Å². The van der Waals surface area contributed by atoms with Gasteiger partial charge in [-0.25, -0.2) is 4.98 Å². The molecule has 2 fully saturated rings. The molecule has 3 heterocycles. The van der Waals surface area contributed by atoms with Crippen LogP contribution in [0.1, 0.15) is 43.6 Å². The number of rotatable bonds is 4. The van der Waals surface area contributed by atoms with Crippen LogP contribution in [0.5, 0.6) is 0 Å². The molecule has 0 amide bonds. The molecule has 0 bridgehead atoms. The van der Waals surface area contributed by atoms with Crippen molar-refractivity contribution in [2.75, 3.05) is 26.2 Å². The van der Waals surface area contributed by atoms with Crippen molar-refractivity contribution in [1.29, 1.82) is 0 Å². The first-order valence-electron chi connectivity index (χ1n) is 7.78. The molecule has 0 aromatic carbocycles. The van der Waals surface area contributed by atoms with Crippen LogP contribution in [-0.2, 0) is 6.54 Å². The summed E-state index contributed by atoms with van der Waals surface area (Å²) in [6.45, 7) is 8.21. The zero-order chi connectivity index (χ0) is 13.1. The van der Waals surface area contributed by atoms with Gasteiger partial charge in [0.1, 0.15) is 5.82 Å². The van der Waals surface area contributed by atoms with Gasteiger partial charge in [0.05, 0.1) is 0 Å². The van der Waals surface area contributed by atoms with Crippen LogP contribution in [0.4, 0.5) is 0 Å². The SMILES string of the molecule is Cc1ncc(CN2CCCC[C@H]2CN2CCCC2)[nH]1. The van der Waals surface area contributed by atoms with Gasteiger partial charge in [-0.1, -0.05) is 6.42 Å². The summed E-state index contributed by atoms with van der Waals surface area (Å²) in [4.78, 5) is 13.0. The molecule has 0 saturated carbocycles. The van der Waals surface area contributed by atoms with Gasteiger partial charge in [-0.2, -0.15) is 0 Å². The Balaban J connectivity index is 1.59. The first-order valence-corrected chi connectivity index (χ1v) is 7.78. The predicted molar refractivity (Wildman–Crippen MR) is 77.0 cm³/mol. The van der Waals surface area contributed by atoms with Gasteiger partial charge in [0.25, 0.3) is 0 Å². The highest BCUT2D eigenvalue weighted by atomic mass is 15.2. The number of hydrogen-bond acceptors (Lipinski definition) is 3.